The number of carboxylic acid groups (broad SMARTS) is 1. The van der Waals surface area contributed by atoms with E-state index in [0.717, 1.165) is 17.0 Å². The number of aromatic nitrogens is 2. The number of amides is 1. The fraction of sp³-hybridized carbons (Fsp3) is 0.368. The van der Waals surface area contributed by atoms with Gasteiger partial charge in [-0.25, -0.2) is 9.97 Å². The molecule has 144 valence electrons. The zero-order valence-electron chi connectivity index (χ0n) is 15.4. The number of ether oxygens (including phenoxy) is 1. The van der Waals surface area contributed by atoms with Crippen molar-refractivity contribution in [3.05, 3.63) is 47.3 Å². The predicted octanol–water partition coefficient (Wildman–Crippen LogP) is 2.75. The van der Waals surface area contributed by atoms with E-state index in [1.54, 1.807) is 12.1 Å². The van der Waals surface area contributed by atoms with Crippen LogP contribution >= 0.6 is 11.8 Å². The summed E-state index contributed by atoms with van der Waals surface area (Å²) in [4.78, 5) is 31.0. The molecule has 0 bridgehead atoms. The summed E-state index contributed by atoms with van der Waals surface area (Å²) < 4.78 is 5.48. The molecule has 0 aliphatic rings. The maximum Gasteiger partial charge on any atom is 0.303 e. The molecule has 2 aromatic rings. The Hall–Kier alpha value is -2.61. The normalized spacial score (nSPS) is 10.4. The minimum absolute atomic E-state index is 0.0863. The van der Waals surface area contributed by atoms with Gasteiger partial charge in [-0.15, -0.1) is 0 Å². The predicted molar refractivity (Wildman–Crippen MR) is 103 cm³/mol. The molecule has 0 aliphatic carbocycles. The van der Waals surface area contributed by atoms with Gasteiger partial charge in [-0.05, 0) is 44.0 Å². The van der Waals surface area contributed by atoms with Crippen molar-refractivity contribution < 1.29 is 19.4 Å². The molecule has 1 aromatic heterocycles. The molecule has 1 aromatic carbocycles. The van der Waals surface area contributed by atoms with Crippen molar-refractivity contribution in [3.63, 3.8) is 0 Å². The Labute approximate surface area is 162 Å². The summed E-state index contributed by atoms with van der Waals surface area (Å²) in [5.74, 6) is 0.0231. The number of thioether (sulfide) groups is 1. The fourth-order valence-corrected chi connectivity index (χ4v) is 3.04. The van der Waals surface area contributed by atoms with Crippen LogP contribution < -0.4 is 10.1 Å². The first-order valence-electron chi connectivity index (χ1n) is 8.57. The highest BCUT2D eigenvalue weighted by Crippen LogP contribution is 2.15. The monoisotopic (exact) mass is 389 g/mol. The van der Waals surface area contributed by atoms with E-state index in [1.807, 2.05) is 32.0 Å². The van der Waals surface area contributed by atoms with Crippen LogP contribution in [0.25, 0.3) is 0 Å². The van der Waals surface area contributed by atoms with Crippen LogP contribution in [0.2, 0.25) is 0 Å². The Morgan fingerprint density at radius 1 is 1.15 bits per heavy atom. The molecule has 2 N–H and O–H groups in total. The number of hydrogen-bond donors (Lipinski definition) is 2. The lowest BCUT2D eigenvalue weighted by atomic mass is 10.2. The number of carboxylic acids is 1. The van der Waals surface area contributed by atoms with Crippen molar-refractivity contribution in [2.75, 3.05) is 12.4 Å². The molecule has 0 unspecified atom stereocenters. The largest absolute Gasteiger partial charge is 0.494 e. The molecule has 0 saturated heterocycles. The van der Waals surface area contributed by atoms with E-state index in [4.69, 9.17) is 9.84 Å². The molecule has 0 aliphatic heterocycles. The number of hydrogen-bond acceptors (Lipinski definition) is 6. The number of aryl methyl sites for hydroxylation is 2. The molecule has 1 heterocycles. The summed E-state index contributed by atoms with van der Waals surface area (Å²) in [7, 11) is 0. The van der Waals surface area contributed by atoms with E-state index in [1.165, 1.54) is 11.8 Å². The van der Waals surface area contributed by atoms with Gasteiger partial charge in [0.25, 0.3) is 0 Å². The van der Waals surface area contributed by atoms with Gasteiger partial charge >= 0.3 is 5.97 Å². The Bertz CT molecular complexity index is 761. The van der Waals surface area contributed by atoms with Crippen LogP contribution in [-0.4, -0.2) is 39.3 Å². The minimum atomic E-state index is -0.827. The second-order valence-corrected chi connectivity index (χ2v) is 6.93. The van der Waals surface area contributed by atoms with E-state index in [2.05, 4.69) is 15.3 Å². The Morgan fingerprint density at radius 2 is 1.81 bits per heavy atom. The number of carbonyl (C=O) groups excluding carboxylic acids is 1. The van der Waals surface area contributed by atoms with Crippen molar-refractivity contribution in [3.8, 4) is 5.75 Å². The lowest BCUT2D eigenvalue weighted by Crippen LogP contribution is -2.24. The van der Waals surface area contributed by atoms with Crippen LogP contribution in [0.5, 0.6) is 5.75 Å². The standard InChI is InChI=1S/C19H23N3O4S/c1-13-10-14(2)22-19(21-13)27-12-17(23)20-11-15-5-7-16(8-6-15)26-9-3-4-18(24)25/h5-8,10H,3-4,9,11-12H2,1-2H3,(H,20,23)(H,24,25). The van der Waals surface area contributed by atoms with Gasteiger partial charge in [0.05, 0.1) is 12.4 Å². The van der Waals surface area contributed by atoms with Gasteiger partial charge in [0, 0.05) is 24.4 Å². The first-order valence-corrected chi connectivity index (χ1v) is 9.56. The van der Waals surface area contributed by atoms with Crippen LogP contribution in [0.1, 0.15) is 29.8 Å². The third kappa shape index (κ3) is 8.08. The lowest BCUT2D eigenvalue weighted by Gasteiger charge is -2.08. The van der Waals surface area contributed by atoms with Gasteiger partial charge in [0.1, 0.15) is 5.75 Å². The minimum Gasteiger partial charge on any atom is -0.494 e. The van der Waals surface area contributed by atoms with Crippen molar-refractivity contribution in [2.24, 2.45) is 0 Å². The molecule has 27 heavy (non-hydrogen) atoms. The third-order valence-electron chi connectivity index (χ3n) is 3.51. The van der Waals surface area contributed by atoms with E-state index in [-0.39, 0.29) is 18.1 Å². The summed E-state index contributed by atoms with van der Waals surface area (Å²) in [6, 6.07) is 9.24. The highest BCUT2D eigenvalue weighted by Gasteiger charge is 2.06. The van der Waals surface area contributed by atoms with Crippen LogP contribution in [0.4, 0.5) is 0 Å². The van der Waals surface area contributed by atoms with Gasteiger partial charge in [-0.1, -0.05) is 23.9 Å². The molecule has 7 nitrogen and oxygen atoms in total. The van der Waals surface area contributed by atoms with E-state index >= 15 is 0 Å². The molecule has 2 rings (SSSR count). The van der Waals surface area contributed by atoms with Crippen molar-refractivity contribution in [2.45, 2.75) is 38.4 Å². The molecule has 8 heteroatoms. The number of aliphatic carboxylic acids is 1. The van der Waals surface area contributed by atoms with Crippen LogP contribution in [0, 0.1) is 13.8 Å². The van der Waals surface area contributed by atoms with Gasteiger partial charge < -0.3 is 15.2 Å². The van der Waals surface area contributed by atoms with Crippen molar-refractivity contribution in [1.82, 2.24) is 15.3 Å². The quantitative estimate of drug-likeness (QED) is 0.366. The second-order valence-electron chi connectivity index (χ2n) is 5.99. The van der Waals surface area contributed by atoms with Gasteiger partial charge in [0.15, 0.2) is 5.16 Å². The zero-order valence-corrected chi connectivity index (χ0v) is 16.2. The molecule has 0 spiro atoms. The van der Waals surface area contributed by atoms with Gasteiger partial charge in [-0.2, -0.15) is 0 Å². The Morgan fingerprint density at radius 3 is 2.44 bits per heavy atom. The summed E-state index contributed by atoms with van der Waals surface area (Å²) in [5, 5.41) is 12.0. The van der Waals surface area contributed by atoms with Crippen molar-refractivity contribution in [1.29, 1.82) is 0 Å². The fourth-order valence-electron chi connectivity index (χ4n) is 2.26. The van der Waals surface area contributed by atoms with E-state index < -0.39 is 5.97 Å². The first kappa shape index (κ1) is 20.7. The maximum absolute atomic E-state index is 12.0. The number of carbonyl (C=O) groups is 2. The molecule has 0 atom stereocenters. The van der Waals surface area contributed by atoms with Gasteiger partial charge in [0.2, 0.25) is 5.91 Å². The molecule has 1 amide bonds. The molecular weight excluding hydrogens is 366 g/mol. The number of rotatable bonds is 10. The SMILES string of the molecule is Cc1cc(C)nc(SCC(=O)NCc2ccc(OCCCC(=O)O)cc2)n1. The Kier molecular flexibility index (Phi) is 8.06. The van der Waals surface area contributed by atoms with E-state index in [9.17, 15) is 9.59 Å². The van der Waals surface area contributed by atoms with Crippen LogP contribution in [-0.2, 0) is 16.1 Å². The summed E-state index contributed by atoms with van der Waals surface area (Å²) in [6.45, 7) is 4.59. The molecule has 0 fully saturated rings. The number of nitrogens with zero attached hydrogens (tertiary/aromatic N) is 2. The smallest absolute Gasteiger partial charge is 0.303 e. The number of benzene rings is 1. The van der Waals surface area contributed by atoms with Gasteiger partial charge in [-0.3, -0.25) is 9.59 Å². The summed E-state index contributed by atoms with van der Waals surface area (Å²) in [6.07, 6.45) is 0.560. The van der Waals surface area contributed by atoms with Crippen molar-refractivity contribution >= 4 is 23.6 Å². The van der Waals surface area contributed by atoms with E-state index in [0.29, 0.717) is 30.5 Å². The Balaban J connectivity index is 1.70. The average molecular weight is 389 g/mol. The topological polar surface area (TPSA) is 101 Å². The number of nitrogens with one attached hydrogen (secondary N) is 1. The maximum atomic E-state index is 12.0. The van der Waals surface area contributed by atoms with Crippen LogP contribution in [0.15, 0.2) is 35.5 Å². The third-order valence-corrected chi connectivity index (χ3v) is 4.36. The molecule has 0 saturated carbocycles. The lowest BCUT2D eigenvalue weighted by molar-refractivity contribution is -0.137. The second kappa shape index (κ2) is 10.5. The summed E-state index contributed by atoms with van der Waals surface area (Å²) in [5.41, 5.74) is 2.72. The zero-order chi connectivity index (χ0) is 19.6. The highest BCUT2D eigenvalue weighted by molar-refractivity contribution is 7.99. The summed E-state index contributed by atoms with van der Waals surface area (Å²) >= 11 is 1.31. The average Bonchev–Trinajstić information content (AvgIpc) is 2.62. The highest BCUT2D eigenvalue weighted by atomic mass is 32.2. The molecule has 0 radical (unpaired) electrons. The van der Waals surface area contributed by atoms with Crippen LogP contribution in [0.3, 0.4) is 0 Å². The first-order chi connectivity index (χ1) is 12.9. The molecular formula is C19H23N3O4S.